The Hall–Kier alpha value is -1.33. The molecule has 0 unspecified atom stereocenters. The molecule has 20 heavy (non-hydrogen) atoms. The van der Waals surface area contributed by atoms with Crippen molar-refractivity contribution in [1.29, 1.82) is 1.43 Å². The van der Waals surface area contributed by atoms with Crippen LogP contribution in [-0.2, 0) is 11.3 Å². The van der Waals surface area contributed by atoms with Gasteiger partial charge in [0.2, 0.25) is 7.34 Å². The number of benzene rings is 1. The first-order valence-electron chi connectivity index (χ1n) is 7.68. The summed E-state index contributed by atoms with van der Waals surface area (Å²) in [6.45, 7) is 3.91. The first-order chi connectivity index (χ1) is 10.3. The van der Waals surface area contributed by atoms with Crippen molar-refractivity contribution in [2.45, 2.75) is 25.7 Å². The number of nitrogens with one attached hydrogen (secondary N) is 1. The summed E-state index contributed by atoms with van der Waals surface area (Å²) in [5.41, 5.74) is 2.61. The molecular weight excluding hydrogens is 251 g/mol. The highest BCUT2D eigenvalue weighted by Crippen LogP contribution is 2.11. The Bertz CT molecular complexity index is 455. The van der Waals surface area contributed by atoms with Gasteiger partial charge in [-0.15, -0.1) is 0 Å². The molecule has 0 aliphatic carbocycles. The van der Waals surface area contributed by atoms with E-state index in [1.807, 2.05) is 0 Å². The van der Waals surface area contributed by atoms with Gasteiger partial charge in [-0.05, 0) is 31.5 Å². The summed E-state index contributed by atoms with van der Waals surface area (Å²) >= 11 is 0. The first-order valence-corrected chi connectivity index (χ1v) is 7.27. The lowest BCUT2D eigenvalue weighted by Gasteiger charge is -2.30. The van der Waals surface area contributed by atoms with E-state index in [9.17, 15) is 4.79 Å². The van der Waals surface area contributed by atoms with Gasteiger partial charge in [0, 0.05) is 13.1 Å². The third-order valence-electron chi connectivity index (χ3n) is 3.52. The van der Waals surface area contributed by atoms with Gasteiger partial charge in [0.15, 0.2) is 7.28 Å². The molecular formula is C15H22BN2O2. The van der Waals surface area contributed by atoms with E-state index in [1.165, 1.54) is 30.5 Å². The molecule has 1 fully saturated rings. The standard InChI is InChI=1S/C15H22BN2O2/c19-12-15(20)17-7-2-6-16-14-5-1-4-13(10-14)11-18-8-3-9-18/h1,4-5,10,19H,2-3,6-9,11-12H2,(H,17,20)/i19D. The second kappa shape index (κ2) is 8.07. The molecule has 107 valence electrons. The summed E-state index contributed by atoms with van der Waals surface area (Å²) in [6, 6.07) is 8.64. The van der Waals surface area contributed by atoms with Crippen LogP contribution in [0, 0.1) is 0 Å². The fourth-order valence-electron chi connectivity index (χ4n) is 2.27. The van der Waals surface area contributed by atoms with Crippen LogP contribution in [0.25, 0.3) is 0 Å². The minimum atomic E-state index is -0.235. The molecule has 1 aromatic rings. The molecule has 0 aromatic heterocycles. The van der Waals surface area contributed by atoms with Crippen LogP contribution in [0.5, 0.6) is 0 Å². The molecule has 1 aromatic carbocycles. The number of carbonyl (C=O) groups excluding carboxylic acids is 1. The fourth-order valence-corrected chi connectivity index (χ4v) is 2.27. The van der Waals surface area contributed by atoms with E-state index >= 15 is 0 Å². The second-order valence-electron chi connectivity index (χ2n) is 5.22. The fraction of sp³-hybridized carbons (Fsp3) is 0.533. The van der Waals surface area contributed by atoms with Crippen molar-refractivity contribution in [2.75, 3.05) is 26.2 Å². The molecule has 1 radical (unpaired) electrons. The lowest BCUT2D eigenvalue weighted by Crippen LogP contribution is -2.36. The van der Waals surface area contributed by atoms with Gasteiger partial charge in [-0.2, -0.15) is 0 Å². The molecule has 5 heteroatoms. The SMILES string of the molecule is [2H]OCC(=O)NCCC[B]c1cccc(CN2CCC2)c1. The molecule has 1 aliphatic rings. The van der Waals surface area contributed by atoms with Crippen LogP contribution in [0.2, 0.25) is 6.32 Å². The number of hydrogen-bond donors (Lipinski definition) is 2. The topological polar surface area (TPSA) is 52.6 Å². The second-order valence-corrected chi connectivity index (χ2v) is 5.22. The number of aliphatic hydroxyl groups excluding tert-OH is 1. The number of rotatable bonds is 9. The maximum Gasteiger partial charge on any atom is 0.245 e. The van der Waals surface area contributed by atoms with Crippen LogP contribution < -0.4 is 10.8 Å². The molecule has 1 heterocycles. The Morgan fingerprint density at radius 3 is 3.15 bits per heavy atom. The average molecular weight is 274 g/mol. The monoisotopic (exact) mass is 274 g/mol. The summed E-state index contributed by atoms with van der Waals surface area (Å²) in [5, 5.41) is 6.73. The van der Waals surface area contributed by atoms with Gasteiger partial charge in [-0.1, -0.05) is 36.0 Å². The minimum Gasteiger partial charge on any atom is -0.387 e. The Labute approximate surface area is 122 Å². The highest BCUT2D eigenvalue weighted by molar-refractivity contribution is 6.53. The Kier molecular flexibility index (Phi) is 5.51. The number of hydrogen-bond acceptors (Lipinski definition) is 3. The summed E-state index contributed by atoms with van der Waals surface area (Å²) < 4.78 is 6.48. The van der Waals surface area contributed by atoms with Crippen molar-refractivity contribution >= 4 is 18.6 Å². The van der Waals surface area contributed by atoms with Gasteiger partial charge >= 0.3 is 0 Å². The molecule has 2 N–H and O–H groups in total. The highest BCUT2D eigenvalue weighted by Gasteiger charge is 2.13. The van der Waals surface area contributed by atoms with Crippen molar-refractivity contribution in [3.05, 3.63) is 29.8 Å². The lowest BCUT2D eigenvalue weighted by atomic mass is 9.66. The smallest absolute Gasteiger partial charge is 0.245 e. The van der Waals surface area contributed by atoms with Gasteiger partial charge in [-0.3, -0.25) is 9.69 Å². The van der Waals surface area contributed by atoms with Gasteiger partial charge in [0.1, 0.15) is 6.61 Å². The van der Waals surface area contributed by atoms with Gasteiger partial charge < -0.3 is 10.4 Å². The number of likely N-dealkylation sites (tertiary alicyclic amines) is 1. The lowest BCUT2D eigenvalue weighted by molar-refractivity contribution is -0.123. The quantitative estimate of drug-likeness (QED) is 0.497. The van der Waals surface area contributed by atoms with Crippen molar-refractivity contribution in [1.82, 2.24) is 10.2 Å². The number of carbonyl (C=O) groups is 1. The summed E-state index contributed by atoms with van der Waals surface area (Å²) in [6.07, 6.45) is 3.14. The van der Waals surface area contributed by atoms with E-state index in [0.29, 0.717) is 6.54 Å². The number of aliphatic hydroxyl groups is 1. The number of amides is 1. The van der Waals surface area contributed by atoms with Crippen LogP contribution in [-0.4, -0.2) is 50.9 Å². The molecule has 0 atom stereocenters. The normalized spacial score (nSPS) is 15.3. The van der Waals surface area contributed by atoms with E-state index in [2.05, 4.69) is 46.9 Å². The Morgan fingerprint density at radius 2 is 2.40 bits per heavy atom. The van der Waals surface area contributed by atoms with Crippen LogP contribution in [0.3, 0.4) is 0 Å². The Balaban J connectivity index is 1.63. The van der Waals surface area contributed by atoms with Crippen molar-refractivity contribution < 1.29 is 9.90 Å². The van der Waals surface area contributed by atoms with Crippen LogP contribution in [0.15, 0.2) is 24.3 Å². The predicted octanol–water partition coefficient (Wildman–Crippen LogP) is 0.139. The summed E-state index contributed by atoms with van der Waals surface area (Å²) in [5.74, 6) is -0.235. The summed E-state index contributed by atoms with van der Waals surface area (Å²) in [7, 11) is 2.20. The van der Waals surface area contributed by atoms with Gasteiger partial charge in [0.25, 0.3) is 0 Å². The van der Waals surface area contributed by atoms with E-state index in [1.54, 1.807) is 0 Å². The zero-order chi connectivity index (χ0) is 14.9. The third-order valence-corrected chi connectivity index (χ3v) is 3.52. The maximum atomic E-state index is 11.1. The third kappa shape index (κ3) is 4.98. The predicted molar refractivity (Wildman–Crippen MR) is 81.2 cm³/mol. The molecule has 1 amide bonds. The Morgan fingerprint density at radius 1 is 1.50 bits per heavy atom. The number of nitrogens with zero attached hydrogens (tertiary/aromatic N) is 1. The van der Waals surface area contributed by atoms with E-state index in [4.69, 9.17) is 1.43 Å². The van der Waals surface area contributed by atoms with Crippen LogP contribution in [0.4, 0.5) is 0 Å². The largest absolute Gasteiger partial charge is 0.387 e. The summed E-state index contributed by atoms with van der Waals surface area (Å²) in [4.78, 5) is 13.5. The van der Waals surface area contributed by atoms with Crippen molar-refractivity contribution in [2.24, 2.45) is 0 Å². The molecule has 0 saturated carbocycles. The van der Waals surface area contributed by atoms with Crippen LogP contribution >= 0.6 is 0 Å². The first kappa shape index (κ1) is 13.6. The zero-order valence-electron chi connectivity index (χ0n) is 12.8. The molecule has 4 nitrogen and oxygen atoms in total. The van der Waals surface area contributed by atoms with Crippen molar-refractivity contribution in [3.63, 3.8) is 0 Å². The molecule has 1 aliphatic heterocycles. The van der Waals surface area contributed by atoms with E-state index in [0.717, 1.165) is 19.3 Å². The molecule has 1 saturated heterocycles. The molecule has 0 bridgehead atoms. The van der Waals surface area contributed by atoms with Gasteiger partial charge in [0.05, 0.1) is 0 Å². The maximum absolute atomic E-state index is 11.1. The van der Waals surface area contributed by atoms with Crippen molar-refractivity contribution in [3.8, 4) is 0 Å². The zero-order valence-corrected chi connectivity index (χ0v) is 11.8. The molecule has 0 spiro atoms. The highest BCUT2D eigenvalue weighted by atomic mass is 16.3. The van der Waals surface area contributed by atoms with E-state index in [-0.39, 0.29) is 12.5 Å². The minimum absolute atomic E-state index is 0.192. The van der Waals surface area contributed by atoms with Crippen LogP contribution in [0.1, 0.15) is 18.4 Å². The molecule has 2 rings (SSSR count). The average Bonchev–Trinajstić information content (AvgIpc) is 2.43. The van der Waals surface area contributed by atoms with E-state index < -0.39 is 0 Å². The van der Waals surface area contributed by atoms with Gasteiger partial charge in [-0.25, -0.2) is 0 Å².